The molecule has 1 aromatic heterocycles. The zero-order chi connectivity index (χ0) is 12.4. The first-order valence-corrected chi connectivity index (χ1v) is 5.47. The van der Waals surface area contributed by atoms with Gasteiger partial charge >= 0.3 is 0 Å². The van der Waals surface area contributed by atoms with E-state index in [2.05, 4.69) is 4.98 Å². The van der Waals surface area contributed by atoms with Gasteiger partial charge in [-0.1, -0.05) is 17.7 Å². The molecule has 0 fully saturated rings. The lowest BCUT2D eigenvalue weighted by molar-refractivity contribution is 0.394. The van der Waals surface area contributed by atoms with Crippen molar-refractivity contribution >= 4 is 0 Å². The lowest BCUT2D eigenvalue weighted by Gasteiger charge is -2.12. The van der Waals surface area contributed by atoms with Crippen molar-refractivity contribution in [2.75, 3.05) is 0 Å². The Bertz CT molecular complexity index is 527. The van der Waals surface area contributed by atoms with Crippen molar-refractivity contribution in [3.63, 3.8) is 0 Å². The molecule has 0 saturated carbocycles. The Kier molecular flexibility index (Phi) is 3.00. The number of aromatic hydroxyl groups is 1. The maximum absolute atomic E-state index is 9.62. The van der Waals surface area contributed by atoms with Gasteiger partial charge in [-0.15, -0.1) is 0 Å². The number of aryl methyl sites for hydroxylation is 3. The first-order chi connectivity index (χ1) is 8.08. The molecular formula is C14H15NO2. The van der Waals surface area contributed by atoms with Crippen LogP contribution in [-0.4, -0.2) is 10.1 Å². The number of nitrogens with zero attached hydrogens (tertiary/aromatic N) is 1. The molecular weight excluding hydrogens is 214 g/mol. The predicted octanol–water partition coefficient (Wildman–Crippen LogP) is 3.50. The minimum absolute atomic E-state index is 0.0480. The van der Waals surface area contributed by atoms with Crippen LogP contribution in [0.5, 0.6) is 17.4 Å². The Labute approximate surface area is 101 Å². The van der Waals surface area contributed by atoms with Crippen molar-refractivity contribution in [3.8, 4) is 17.4 Å². The van der Waals surface area contributed by atoms with Gasteiger partial charge in [-0.25, -0.2) is 4.98 Å². The molecule has 3 heteroatoms. The molecule has 0 unspecified atom stereocenters. The van der Waals surface area contributed by atoms with Crippen molar-refractivity contribution in [1.29, 1.82) is 0 Å². The molecule has 1 heterocycles. The third-order valence-corrected chi connectivity index (χ3v) is 2.55. The van der Waals surface area contributed by atoms with E-state index in [1.165, 1.54) is 5.56 Å². The second-order valence-corrected chi connectivity index (χ2v) is 4.16. The van der Waals surface area contributed by atoms with E-state index in [0.29, 0.717) is 0 Å². The minimum atomic E-state index is 0.0480. The van der Waals surface area contributed by atoms with Crippen LogP contribution in [0.3, 0.4) is 0 Å². The number of hydrogen-bond acceptors (Lipinski definition) is 3. The summed E-state index contributed by atoms with van der Waals surface area (Å²) >= 11 is 0. The van der Waals surface area contributed by atoms with Gasteiger partial charge in [0.1, 0.15) is 5.75 Å². The molecule has 17 heavy (non-hydrogen) atoms. The van der Waals surface area contributed by atoms with Gasteiger partial charge in [-0.2, -0.15) is 0 Å². The van der Waals surface area contributed by atoms with Gasteiger partial charge in [0.2, 0.25) is 0 Å². The number of benzene rings is 1. The predicted molar refractivity (Wildman–Crippen MR) is 66.6 cm³/mol. The minimum Gasteiger partial charge on any atom is -0.503 e. The third-order valence-electron chi connectivity index (χ3n) is 2.55. The van der Waals surface area contributed by atoms with Crippen LogP contribution >= 0.6 is 0 Å². The molecule has 88 valence electrons. The van der Waals surface area contributed by atoms with E-state index in [4.69, 9.17) is 4.74 Å². The second kappa shape index (κ2) is 4.45. The Morgan fingerprint density at radius 1 is 1.12 bits per heavy atom. The van der Waals surface area contributed by atoms with Crippen LogP contribution in [0.2, 0.25) is 0 Å². The summed E-state index contributed by atoms with van der Waals surface area (Å²) in [5.74, 6) is 1.04. The molecule has 0 aliphatic carbocycles. The molecule has 0 bridgehead atoms. The van der Waals surface area contributed by atoms with Gasteiger partial charge in [0.15, 0.2) is 5.75 Å². The van der Waals surface area contributed by atoms with Crippen LogP contribution in [0.4, 0.5) is 0 Å². The van der Waals surface area contributed by atoms with Crippen molar-refractivity contribution < 1.29 is 9.84 Å². The molecule has 2 rings (SSSR count). The summed E-state index contributed by atoms with van der Waals surface area (Å²) in [5, 5.41) is 9.62. The van der Waals surface area contributed by atoms with Gasteiger partial charge in [0, 0.05) is 6.20 Å². The van der Waals surface area contributed by atoms with Crippen LogP contribution in [0.15, 0.2) is 30.5 Å². The summed E-state index contributed by atoms with van der Waals surface area (Å²) in [6, 6.07) is 7.31. The van der Waals surface area contributed by atoms with Gasteiger partial charge in [-0.05, 0) is 44.0 Å². The van der Waals surface area contributed by atoms with Crippen molar-refractivity contribution in [1.82, 2.24) is 4.98 Å². The number of aromatic nitrogens is 1. The summed E-state index contributed by atoms with van der Waals surface area (Å²) < 4.78 is 5.66. The standard InChI is InChI=1S/C14H15NO2/c1-9-7-10(2)13(11(3)8-9)17-14-12(16)5-4-6-15-14/h4-8,16H,1-3H3. The normalized spacial score (nSPS) is 10.3. The largest absolute Gasteiger partial charge is 0.503 e. The van der Waals surface area contributed by atoms with Gasteiger partial charge in [0.25, 0.3) is 5.88 Å². The molecule has 0 aliphatic heterocycles. The molecule has 0 amide bonds. The lowest BCUT2D eigenvalue weighted by Crippen LogP contribution is -1.94. The van der Waals surface area contributed by atoms with E-state index in [-0.39, 0.29) is 11.6 Å². The van der Waals surface area contributed by atoms with Crippen molar-refractivity contribution in [2.45, 2.75) is 20.8 Å². The topological polar surface area (TPSA) is 42.4 Å². The Morgan fingerprint density at radius 2 is 1.76 bits per heavy atom. The van der Waals surface area contributed by atoms with E-state index in [0.717, 1.165) is 16.9 Å². The highest BCUT2D eigenvalue weighted by Gasteiger charge is 2.09. The highest BCUT2D eigenvalue weighted by molar-refractivity contribution is 5.46. The number of pyridine rings is 1. The zero-order valence-corrected chi connectivity index (χ0v) is 10.2. The van der Waals surface area contributed by atoms with Gasteiger partial charge < -0.3 is 9.84 Å². The van der Waals surface area contributed by atoms with Crippen LogP contribution < -0.4 is 4.74 Å². The summed E-state index contributed by atoms with van der Waals surface area (Å²) in [4.78, 5) is 4.01. The van der Waals surface area contributed by atoms with Crippen LogP contribution in [0.25, 0.3) is 0 Å². The van der Waals surface area contributed by atoms with E-state index in [9.17, 15) is 5.11 Å². The van der Waals surface area contributed by atoms with Crippen molar-refractivity contribution in [2.24, 2.45) is 0 Å². The highest BCUT2D eigenvalue weighted by atomic mass is 16.5. The van der Waals surface area contributed by atoms with E-state index in [1.54, 1.807) is 18.3 Å². The molecule has 1 N–H and O–H groups in total. The summed E-state index contributed by atoms with van der Waals surface area (Å²) in [7, 11) is 0. The second-order valence-electron chi connectivity index (χ2n) is 4.16. The quantitative estimate of drug-likeness (QED) is 0.856. The molecule has 2 aromatic rings. The van der Waals surface area contributed by atoms with Gasteiger partial charge in [-0.3, -0.25) is 0 Å². The zero-order valence-electron chi connectivity index (χ0n) is 10.2. The average Bonchev–Trinajstić information content (AvgIpc) is 2.25. The van der Waals surface area contributed by atoms with E-state index < -0.39 is 0 Å². The molecule has 0 saturated heterocycles. The van der Waals surface area contributed by atoms with Crippen LogP contribution in [-0.2, 0) is 0 Å². The maximum atomic E-state index is 9.62. The fourth-order valence-electron chi connectivity index (χ4n) is 1.89. The first-order valence-electron chi connectivity index (χ1n) is 5.47. The number of ether oxygens (including phenoxy) is 1. The fraction of sp³-hybridized carbons (Fsp3) is 0.214. The molecule has 0 atom stereocenters. The van der Waals surface area contributed by atoms with E-state index >= 15 is 0 Å². The summed E-state index contributed by atoms with van der Waals surface area (Å²) in [6.45, 7) is 6.01. The van der Waals surface area contributed by atoms with Crippen LogP contribution in [0.1, 0.15) is 16.7 Å². The van der Waals surface area contributed by atoms with Crippen LogP contribution in [0, 0.1) is 20.8 Å². The fourth-order valence-corrected chi connectivity index (χ4v) is 1.89. The molecule has 0 radical (unpaired) electrons. The lowest BCUT2D eigenvalue weighted by atomic mass is 10.1. The van der Waals surface area contributed by atoms with Gasteiger partial charge in [0.05, 0.1) is 0 Å². The highest BCUT2D eigenvalue weighted by Crippen LogP contribution is 2.32. The monoisotopic (exact) mass is 229 g/mol. The molecule has 0 spiro atoms. The van der Waals surface area contributed by atoms with Crippen molar-refractivity contribution in [3.05, 3.63) is 47.2 Å². The third kappa shape index (κ3) is 2.38. The van der Waals surface area contributed by atoms with E-state index in [1.807, 2.05) is 32.9 Å². The summed E-state index contributed by atoms with van der Waals surface area (Å²) in [5.41, 5.74) is 3.26. The Hall–Kier alpha value is -2.03. The average molecular weight is 229 g/mol. The number of hydrogen-bond donors (Lipinski definition) is 1. The molecule has 0 aliphatic rings. The molecule has 1 aromatic carbocycles. The number of rotatable bonds is 2. The Balaban J connectivity index is 2.40. The summed E-state index contributed by atoms with van der Waals surface area (Å²) in [6.07, 6.45) is 1.59. The first kappa shape index (κ1) is 11.5. The Morgan fingerprint density at radius 3 is 2.35 bits per heavy atom. The molecule has 3 nitrogen and oxygen atoms in total. The maximum Gasteiger partial charge on any atom is 0.262 e. The smallest absolute Gasteiger partial charge is 0.262 e. The SMILES string of the molecule is Cc1cc(C)c(Oc2ncccc2O)c(C)c1.